The molecule has 0 saturated heterocycles. The Morgan fingerprint density at radius 1 is 1.24 bits per heavy atom. The number of rotatable bonds is 11. The standard InChI is InChI=1S/C19H20N4O4S2/c1-2-27-18(26)16(25)12-28-19-21-15-6-4-13(11-17(15)29-19)3-5-14(24)7-9-23-10-8-20-22-23/h4,6,8,10-11H,2-3,5,7,9,12H2,1H3. The van der Waals surface area contributed by atoms with E-state index in [-0.39, 0.29) is 18.1 Å². The Bertz CT molecular complexity index is 1000. The number of hydrogen-bond donors (Lipinski definition) is 0. The normalized spacial score (nSPS) is 10.9. The summed E-state index contributed by atoms with van der Waals surface area (Å²) < 4.78 is 8.05. The second kappa shape index (κ2) is 10.3. The van der Waals surface area contributed by atoms with Crippen molar-refractivity contribution in [1.82, 2.24) is 20.0 Å². The van der Waals surface area contributed by atoms with E-state index in [2.05, 4.69) is 15.3 Å². The van der Waals surface area contributed by atoms with Gasteiger partial charge in [-0.05, 0) is 31.0 Å². The molecule has 2 aromatic heterocycles. The molecule has 0 bridgehead atoms. The number of benzene rings is 1. The van der Waals surface area contributed by atoms with Gasteiger partial charge in [-0.2, -0.15) is 0 Å². The summed E-state index contributed by atoms with van der Waals surface area (Å²) in [6, 6.07) is 5.90. The van der Waals surface area contributed by atoms with E-state index in [1.54, 1.807) is 24.0 Å². The maximum atomic E-state index is 12.1. The van der Waals surface area contributed by atoms with E-state index < -0.39 is 11.8 Å². The quantitative estimate of drug-likeness (QED) is 0.259. The molecule has 0 unspecified atom stereocenters. The SMILES string of the molecule is CCOC(=O)C(=O)CSc1nc2ccc(CCC(=O)CCn3ccnn3)cc2s1. The molecule has 0 fully saturated rings. The first kappa shape index (κ1) is 21.1. The molecule has 0 atom stereocenters. The number of nitrogens with zero attached hydrogens (tertiary/aromatic N) is 4. The molecule has 1 aromatic carbocycles. The first-order valence-electron chi connectivity index (χ1n) is 9.13. The fourth-order valence-corrected chi connectivity index (χ4v) is 4.54. The van der Waals surface area contributed by atoms with E-state index in [4.69, 9.17) is 4.74 Å². The van der Waals surface area contributed by atoms with E-state index in [1.807, 2.05) is 18.2 Å². The molecule has 0 aliphatic heterocycles. The van der Waals surface area contributed by atoms with Crippen LogP contribution in [0.15, 0.2) is 34.9 Å². The van der Waals surface area contributed by atoms with Gasteiger partial charge in [-0.1, -0.05) is 23.0 Å². The van der Waals surface area contributed by atoms with Crippen molar-refractivity contribution in [3.8, 4) is 0 Å². The lowest BCUT2D eigenvalue weighted by molar-refractivity contribution is -0.152. The third-order valence-electron chi connectivity index (χ3n) is 4.05. The molecule has 0 aliphatic carbocycles. The predicted molar refractivity (Wildman–Crippen MR) is 110 cm³/mol. The molecule has 0 spiro atoms. The van der Waals surface area contributed by atoms with Crippen LogP contribution in [0.2, 0.25) is 0 Å². The Balaban J connectivity index is 1.51. The van der Waals surface area contributed by atoms with Crippen LogP contribution in [0.25, 0.3) is 10.2 Å². The Kier molecular flexibility index (Phi) is 7.48. The van der Waals surface area contributed by atoms with Gasteiger partial charge in [0.2, 0.25) is 5.78 Å². The van der Waals surface area contributed by atoms with Gasteiger partial charge < -0.3 is 4.74 Å². The summed E-state index contributed by atoms with van der Waals surface area (Å²) in [6.45, 7) is 2.38. The summed E-state index contributed by atoms with van der Waals surface area (Å²) >= 11 is 2.69. The fraction of sp³-hybridized carbons (Fsp3) is 0.368. The topological polar surface area (TPSA) is 104 Å². The van der Waals surface area contributed by atoms with Gasteiger partial charge >= 0.3 is 5.97 Å². The van der Waals surface area contributed by atoms with Crippen molar-refractivity contribution in [2.75, 3.05) is 12.4 Å². The molecule has 0 radical (unpaired) electrons. The molecule has 3 aromatic rings. The van der Waals surface area contributed by atoms with Gasteiger partial charge in [0.25, 0.3) is 0 Å². The minimum Gasteiger partial charge on any atom is -0.460 e. The highest BCUT2D eigenvalue weighted by Crippen LogP contribution is 2.30. The van der Waals surface area contributed by atoms with Crippen LogP contribution in [0.1, 0.15) is 25.3 Å². The monoisotopic (exact) mass is 432 g/mol. The van der Waals surface area contributed by atoms with E-state index in [0.29, 0.717) is 25.8 Å². The lowest BCUT2D eigenvalue weighted by Gasteiger charge is -2.02. The number of esters is 1. The number of thiazole rings is 1. The second-order valence-electron chi connectivity index (χ2n) is 6.17. The van der Waals surface area contributed by atoms with E-state index in [1.165, 1.54) is 23.1 Å². The molecule has 8 nitrogen and oxygen atoms in total. The molecule has 3 rings (SSSR count). The Morgan fingerprint density at radius 3 is 2.86 bits per heavy atom. The Labute approximate surface area is 175 Å². The molecule has 0 amide bonds. The van der Waals surface area contributed by atoms with E-state index >= 15 is 0 Å². The highest BCUT2D eigenvalue weighted by atomic mass is 32.2. The summed E-state index contributed by atoms with van der Waals surface area (Å²) in [6.07, 6.45) is 4.89. The van der Waals surface area contributed by atoms with Crippen LogP contribution in [0.4, 0.5) is 0 Å². The first-order chi connectivity index (χ1) is 14.0. The van der Waals surface area contributed by atoms with Crippen LogP contribution >= 0.6 is 23.1 Å². The van der Waals surface area contributed by atoms with Crippen LogP contribution in [0, 0.1) is 0 Å². The van der Waals surface area contributed by atoms with Crippen molar-refractivity contribution in [2.24, 2.45) is 0 Å². The van der Waals surface area contributed by atoms with Crippen LogP contribution in [-0.2, 0) is 32.1 Å². The smallest absolute Gasteiger partial charge is 0.375 e. The lowest BCUT2D eigenvalue weighted by Crippen LogP contribution is -2.19. The van der Waals surface area contributed by atoms with Crippen molar-refractivity contribution < 1.29 is 19.1 Å². The van der Waals surface area contributed by atoms with E-state index in [0.717, 1.165) is 20.1 Å². The number of fused-ring (bicyclic) bond motifs is 1. The first-order valence-corrected chi connectivity index (χ1v) is 10.9. The summed E-state index contributed by atoms with van der Waals surface area (Å²) in [4.78, 5) is 39.6. The Hall–Kier alpha value is -2.59. The molecule has 10 heteroatoms. The zero-order valence-electron chi connectivity index (χ0n) is 15.9. The van der Waals surface area contributed by atoms with Crippen LogP contribution in [0.5, 0.6) is 0 Å². The number of ether oxygens (including phenoxy) is 1. The fourth-order valence-electron chi connectivity index (χ4n) is 2.56. The number of carbonyl (C=O) groups excluding carboxylic acids is 3. The van der Waals surface area contributed by atoms with Crippen molar-refractivity contribution in [2.45, 2.75) is 37.1 Å². The second-order valence-corrected chi connectivity index (χ2v) is 8.42. The maximum Gasteiger partial charge on any atom is 0.375 e. The zero-order valence-corrected chi connectivity index (χ0v) is 17.5. The number of aryl methyl sites for hydroxylation is 2. The highest BCUT2D eigenvalue weighted by molar-refractivity contribution is 8.01. The molecule has 0 N–H and O–H groups in total. The van der Waals surface area contributed by atoms with Gasteiger partial charge in [-0.3, -0.25) is 14.3 Å². The molecule has 0 saturated carbocycles. The van der Waals surface area contributed by atoms with Gasteiger partial charge in [-0.25, -0.2) is 9.78 Å². The summed E-state index contributed by atoms with van der Waals surface area (Å²) in [7, 11) is 0. The number of Topliss-reactive ketones (excluding diaryl/α,β-unsaturated/α-hetero) is 2. The average molecular weight is 433 g/mol. The number of thioether (sulfide) groups is 1. The van der Waals surface area contributed by atoms with Crippen LogP contribution < -0.4 is 0 Å². The predicted octanol–water partition coefficient (Wildman–Crippen LogP) is 2.70. The van der Waals surface area contributed by atoms with Gasteiger partial charge in [0.1, 0.15) is 5.78 Å². The number of hydrogen-bond acceptors (Lipinski definition) is 9. The molecular weight excluding hydrogens is 412 g/mol. The van der Waals surface area contributed by atoms with E-state index in [9.17, 15) is 14.4 Å². The van der Waals surface area contributed by atoms with Crippen LogP contribution in [0.3, 0.4) is 0 Å². The van der Waals surface area contributed by atoms with Crippen LogP contribution in [-0.4, -0.2) is 49.9 Å². The minimum atomic E-state index is -0.808. The molecular formula is C19H20N4O4S2. The molecule has 0 aliphatic rings. The minimum absolute atomic E-state index is 0.00574. The van der Waals surface area contributed by atoms with Crippen molar-refractivity contribution in [1.29, 1.82) is 0 Å². The van der Waals surface area contributed by atoms with Gasteiger partial charge in [0.05, 0.1) is 28.8 Å². The zero-order chi connectivity index (χ0) is 20.6. The summed E-state index contributed by atoms with van der Waals surface area (Å²) in [5.74, 6) is -1.19. The largest absolute Gasteiger partial charge is 0.460 e. The summed E-state index contributed by atoms with van der Waals surface area (Å²) in [5.41, 5.74) is 1.90. The van der Waals surface area contributed by atoms with Crippen molar-refractivity contribution in [3.63, 3.8) is 0 Å². The van der Waals surface area contributed by atoms with Gasteiger partial charge in [-0.15, -0.1) is 16.4 Å². The Morgan fingerprint density at radius 2 is 2.10 bits per heavy atom. The summed E-state index contributed by atoms with van der Waals surface area (Å²) in [5, 5.41) is 7.57. The highest BCUT2D eigenvalue weighted by Gasteiger charge is 2.16. The third kappa shape index (κ3) is 6.20. The lowest BCUT2D eigenvalue weighted by atomic mass is 10.1. The third-order valence-corrected chi connectivity index (χ3v) is 6.21. The average Bonchev–Trinajstić information content (AvgIpc) is 3.37. The number of ketones is 2. The van der Waals surface area contributed by atoms with Crippen molar-refractivity contribution >= 4 is 50.9 Å². The molecule has 2 heterocycles. The number of aromatic nitrogens is 4. The van der Waals surface area contributed by atoms with Gasteiger partial charge in [0.15, 0.2) is 4.34 Å². The van der Waals surface area contributed by atoms with Gasteiger partial charge in [0, 0.05) is 25.6 Å². The number of carbonyl (C=O) groups is 3. The maximum absolute atomic E-state index is 12.1. The van der Waals surface area contributed by atoms with Crippen molar-refractivity contribution in [3.05, 3.63) is 36.2 Å². The molecule has 29 heavy (non-hydrogen) atoms. The molecule has 152 valence electrons.